The smallest absolute Gasteiger partial charge is 0.342 e. The maximum atomic E-state index is 13.6. The lowest BCUT2D eigenvalue weighted by molar-refractivity contribution is -0.137. The molecule has 0 saturated carbocycles. The van der Waals surface area contributed by atoms with Crippen LogP contribution in [0.15, 0.2) is 18.2 Å². The van der Waals surface area contributed by atoms with E-state index in [0.29, 0.717) is 17.8 Å². The molecule has 0 spiro atoms. The Kier molecular flexibility index (Phi) is 3.63. The van der Waals surface area contributed by atoms with Gasteiger partial charge in [0.25, 0.3) is 0 Å². The van der Waals surface area contributed by atoms with Crippen molar-refractivity contribution in [2.24, 2.45) is 0 Å². The molecule has 0 aliphatic heterocycles. The maximum absolute atomic E-state index is 13.6. The van der Waals surface area contributed by atoms with Crippen LogP contribution in [0.4, 0.5) is 28.3 Å². The number of nitrogens with zero attached hydrogens (tertiary/aromatic N) is 2. The lowest BCUT2D eigenvalue weighted by Gasteiger charge is -2.10. The van der Waals surface area contributed by atoms with E-state index in [0.717, 1.165) is 17.6 Å². The van der Waals surface area contributed by atoms with Gasteiger partial charge in [-0.1, -0.05) is 0 Å². The number of nitrogens with one attached hydrogen (secondary N) is 1. The van der Waals surface area contributed by atoms with Crippen molar-refractivity contribution in [2.45, 2.75) is 13.1 Å². The summed E-state index contributed by atoms with van der Waals surface area (Å²) in [5.41, 5.74) is -0.694. The average molecular weight is 301 g/mol. The van der Waals surface area contributed by atoms with Gasteiger partial charge < -0.3 is 5.32 Å². The molecule has 0 unspecified atom stereocenters. The Morgan fingerprint density at radius 3 is 2.65 bits per heavy atom. The van der Waals surface area contributed by atoms with Gasteiger partial charge in [0.05, 0.1) is 16.9 Å². The molecular weight excluding hydrogens is 294 g/mol. The third kappa shape index (κ3) is 2.72. The molecule has 0 fully saturated rings. The summed E-state index contributed by atoms with van der Waals surface area (Å²) in [5.74, 6) is -0.840. The first-order valence-electron chi connectivity index (χ1n) is 5.33. The largest absolute Gasteiger partial charge is 0.416 e. The minimum atomic E-state index is -4.56. The number of rotatable bonds is 2. The van der Waals surface area contributed by atoms with Crippen LogP contribution >= 0.6 is 11.5 Å². The van der Waals surface area contributed by atoms with Gasteiger partial charge in [-0.05, 0) is 36.7 Å². The zero-order valence-electron chi connectivity index (χ0n) is 10.0. The molecule has 0 bridgehead atoms. The molecular formula is C12H7F4N3S. The van der Waals surface area contributed by atoms with E-state index in [2.05, 4.69) is 9.69 Å². The number of hydrogen-bond donors (Lipinski definition) is 1. The Bertz CT molecular complexity index is 685. The lowest BCUT2D eigenvalue weighted by Crippen LogP contribution is -2.06. The van der Waals surface area contributed by atoms with Crippen molar-refractivity contribution in [2.75, 3.05) is 5.32 Å². The zero-order chi connectivity index (χ0) is 14.9. The number of alkyl halides is 3. The van der Waals surface area contributed by atoms with Gasteiger partial charge in [0, 0.05) is 0 Å². The van der Waals surface area contributed by atoms with Gasteiger partial charge >= 0.3 is 6.18 Å². The highest BCUT2D eigenvalue weighted by Crippen LogP contribution is 2.34. The molecule has 3 nitrogen and oxygen atoms in total. The monoisotopic (exact) mass is 301 g/mol. The molecule has 0 atom stereocenters. The van der Waals surface area contributed by atoms with Gasteiger partial charge in [0.2, 0.25) is 0 Å². The van der Waals surface area contributed by atoms with E-state index in [1.165, 1.54) is 0 Å². The first-order valence-corrected chi connectivity index (χ1v) is 6.10. The quantitative estimate of drug-likeness (QED) is 0.845. The Hall–Kier alpha value is -2.14. The van der Waals surface area contributed by atoms with Gasteiger partial charge in [-0.2, -0.15) is 22.8 Å². The fraction of sp³-hybridized carbons (Fsp3) is 0.167. The number of hydrogen-bond acceptors (Lipinski definition) is 4. The normalized spacial score (nSPS) is 11.2. The van der Waals surface area contributed by atoms with E-state index in [1.807, 2.05) is 6.07 Å². The van der Waals surface area contributed by atoms with Crippen LogP contribution in [0.3, 0.4) is 0 Å². The van der Waals surface area contributed by atoms with E-state index in [1.54, 1.807) is 6.92 Å². The fourth-order valence-corrected chi connectivity index (χ4v) is 2.27. The molecule has 1 aromatic carbocycles. The molecule has 104 valence electrons. The van der Waals surface area contributed by atoms with Crippen molar-refractivity contribution in [1.82, 2.24) is 4.37 Å². The molecule has 20 heavy (non-hydrogen) atoms. The molecule has 2 aromatic rings. The van der Waals surface area contributed by atoms with E-state index in [9.17, 15) is 17.6 Å². The molecule has 2 rings (SSSR count). The highest BCUT2D eigenvalue weighted by molar-refractivity contribution is 7.10. The minimum Gasteiger partial charge on any atom is -0.342 e. The van der Waals surface area contributed by atoms with Crippen LogP contribution in [0.2, 0.25) is 0 Å². The van der Waals surface area contributed by atoms with Crippen LogP contribution in [-0.2, 0) is 6.18 Å². The number of aromatic nitrogens is 1. The van der Waals surface area contributed by atoms with Crippen LogP contribution in [0, 0.1) is 24.1 Å². The summed E-state index contributed by atoms with van der Waals surface area (Å²) in [5, 5.41) is 11.6. The number of aryl methyl sites for hydroxylation is 1. The Balaban J connectivity index is 2.41. The third-order valence-corrected chi connectivity index (χ3v) is 3.37. The average Bonchev–Trinajstić information content (AvgIpc) is 2.71. The molecule has 8 heteroatoms. The zero-order valence-corrected chi connectivity index (χ0v) is 10.9. The molecule has 0 amide bonds. The molecule has 0 aliphatic rings. The SMILES string of the molecule is Cc1nsc(Nc2cc(C(F)(F)F)ccc2F)c1C#N. The van der Waals surface area contributed by atoms with Crippen molar-refractivity contribution < 1.29 is 17.6 Å². The van der Waals surface area contributed by atoms with Crippen LogP contribution in [-0.4, -0.2) is 4.37 Å². The summed E-state index contributed by atoms with van der Waals surface area (Å²) in [4.78, 5) is 0. The van der Waals surface area contributed by atoms with Crippen molar-refractivity contribution >= 4 is 22.2 Å². The summed E-state index contributed by atoms with van der Waals surface area (Å²) in [7, 11) is 0. The summed E-state index contributed by atoms with van der Waals surface area (Å²) in [6, 6.07) is 3.91. The molecule has 1 aromatic heterocycles. The van der Waals surface area contributed by atoms with Crippen molar-refractivity contribution in [1.29, 1.82) is 5.26 Å². The molecule has 0 saturated heterocycles. The van der Waals surface area contributed by atoms with Gasteiger partial charge in [0.1, 0.15) is 22.5 Å². The second kappa shape index (κ2) is 5.09. The predicted molar refractivity (Wildman–Crippen MR) is 66.3 cm³/mol. The van der Waals surface area contributed by atoms with Gasteiger partial charge in [-0.25, -0.2) is 4.39 Å². The summed E-state index contributed by atoms with van der Waals surface area (Å²) < 4.78 is 55.2. The summed E-state index contributed by atoms with van der Waals surface area (Å²) in [6.45, 7) is 1.59. The van der Waals surface area contributed by atoms with Crippen molar-refractivity contribution in [3.05, 3.63) is 40.8 Å². The van der Waals surface area contributed by atoms with Gasteiger partial charge in [-0.3, -0.25) is 0 Å². The van der Waals surface area contributed by atoms with E-state index in [-0.39, 0.29) is 16.3 Å². The lowest BCUT2D eigenvalue weighted by atomic mass is 10.2. The minimum absolute atomic E-state index is 0.187. The first kappa shape index (κ1) is 14.3. The third-order valence-electron chi connectivity index (χ3n) is 2.52. The Morgan fingerprint density at radius 2 is 2.05 bits per heavy atom. The molecule has 1 heterocycles. The van der Waals surface area contributed by atoms with E-state index >= 15 is 0 Å². The van der Waals surface area contributed by atoms with E-state index in [4.69, 9.17) is 5.26 Å². The van der Waals surface area contributed by atoms with Gasteiger partial charge in [0.15, 0.2) is 0 Å². The highest BCUT2D eigenvalue weighted by Gasteiger charge is 2.31. The van der Waals surface area contributed by atoms with E-state index < -0.39 is 17.6 Å². The first-order chi connectivity index (χ1) is 9.32. The van der Waals surface area contributed by atoms with Crippen molar-refractivity contribution in [3.63, 3.8) is 0 Å². The molecule has 0 radical (unpaired) electrons. The molecule has 1 N–H and O–H groups in total. The van der Waals surface area contributed by atoms with Crippen molar-refractivity contribution in [3.8, 4) is 6.07 Å². The topological polar surface area (TPSA) is 48.7 Å². The summed E-state index contributed by atoms with van der Waals surface area (Å²) >= 11 is 0.886. The fourth-order valence-electron chi connectivity index (χ4n) is 1.51. The number of benzene rings is 1. The standard InChI is InChI=1S/C12H7F4N3S/c1-6-8(5-17)11(20-19-6)18-10-4-7(12(14,15)16)2-3-9(10)13/h2-4,18H,1H3. The maximum Gasteiger partial charge on any atom is 0.416 e. The number of nitriles is 1. The second-order valence-electron chi connectivity index (χ2n) is 3.90. The van der Waals surface area contributed by atoms with Crippen LogP contribution in [0.1, 0.15) is 16.8 Å². The van der Waals surface area contributed by atoms with Crippen LogP contribution < -0.4 is 5.32 Å². The van der Waals surface area contributed by atoms with Gasteiger partial charge in [-0.15, -0.1) is 0 Å². The predicted octanol–water partition coefficient (Wildman–Crippen LogP) is 4.22. The number of halogens is 4. The Morgan fingerprint density at radius 1 is 1.35 bits per heavy atom. The second-order valence-corrected chi connectivity index (χ2v) is 4.67. The number of anilines is 2. The molecule has 0 aliphatic carbocycles. The van der Waals surface area contributed by atoms with Crippen LogP contribution in [0.5, 0.6) is 0 Å². The Labute approximate surface area is 115 Å². The van der Waals surface area contributed by atoms with Crippen LogP contribution in [0.25, 0.3) is 0 Å². The summed E-state index contributed by atoms with van der Waals surface area (Å²) in [6.07, 6.45) is -4.56. The highest BCUT2D eigenvalue weighted by atomic mass is 32.1.